The third kappa shape index (κ3) is 2.66. The molecule has 2 aromatic rings. The maximum Gasteiger partial charge on any atom is 0.471 e. The van der Waals surface area contributed by atoms with Crippen molar-refractivity contribution in [1.29, 1.82) is 0 Å². The van der Waals surface area contributed by atoms with Gasteiger partial charge in [0.25, 0.3) is 0 Å². The van der Waals surface area contributed by atoms with Gasteiger partial charge in [0.15, 0.2) is 0 Å². The van der Waals surface area contributed by atoms with E-state index in [1.54, 1.807) is 24.3 Å². The summed E-state index contributed by atoms with van der Waals surface area (Å²) in [7, 11) is 0. The van der Waals surface area contributed by atoms with E-state index >= 15 is 0 Å². The fraction of sp³-hybridized carbons (Fsp3) is 0.267. The third-order valence-electron chi connectivity index (χ3n) is 3.50. The second kappa shape index (κ2) is 5.08. The zero-order chi connectivity index (χ0) is 15.9. The molecular weight excluding hydrogens is 295 g/mol. The minimum Gasteiger partial charge on any atom is -0.329 e. The van der Waals surface area contributed by atoms with Crippen LogP contribution >= 0.6 is 0 Å². The van der Waals surface area contributed by atoms with Crippen molar-refractivity contribution in [2.75, 3.05) is 0 Å². The lowest BCUT2D eigenvalue weighted by molar-refractivity contribution is -0.159. The summed E-state index contributed by atoms with van der Waals surface area (Å²) in [6, 6.07) is 6.91. The Morgan fingerprint density at radius 1 is 1.05 bits per heavy atom. The van der Waals surface area contributed by atoms with Gasteiger partial charge in [0, 0.05) is 17.7 Å². The number of rotatable bonds is 2. The smallest absolute Gasteiger partial charge is 0.329 e. The molecule has 0 fully saturated rings. The predicted octanol–water partition coefficient (Wildman–Crippen LogP) is 4.24. The lowest BCUT2D eigenvalue weighted by atomic mass is 10.0. The molecule has 4 nitrogen and oxygen atoms in total. The summed E-state index contributed by atoms with van der Waals surface area (Å²) in [6.07, 6.45) is -3.85. The van der Waals surface area contributed by atoms with Crippen molar-refractivity contribution in [3.05, 3.63) is 47.0 Å². The van der Waals surface area contributed by atoms with Crippen LogP contribution in [0.5, 0.6) is 0 Å². The molecule has 0 aliphatic carbocycles. The Bertz CT molecular complexity index is 770. The molecule has 0 unspecified atom stereocenters. The number of alkyl halides is 3. The molecule has 0 saturated carbocycles. The SMILES string of the molecule is CC1=C(C)N=C(c2ccc(-c3noc(C(F)(F)F)n3)cc2)C1. The second-order valence-corrected chi connectivity index (χ2v) is 5.10. The van der Waals surface area contributed by atoms with Crippen LogP contribution in [-0.4, -0.2) is 15.9 Å². The van der Waals surface area contributed by atoms with Crippen molar-refractivity contribution in [3.8, 4) is 11.4 Å². The van der Waals surface area contributed by atoms with Gasteiger partial charge >= 0.3 is 12.1 Å². The molecule has 2 heterocycles. The first-order chi connectivity index (χ1) is 10.3. The number of benzene rings is 1. The van der Waals surface area contributed by atoms with Gasteiger partial charge in [-0.15, -0.1) is 0 Å². The molecule has 0 radical (unpaired) electrons. The Morgan fingerprint density at radius 3 is 2.18 bits per heavy atom. The number of halogens is 3. The fourth-order valence-corrected chi connectivity index (χ4v) is 2.15. The van der Waals surface area contributed by atoms with Crippen LogP contribution < -0.4 is 0 Å². The van der Waals surface area contributed by atoms with Gasteiger partial charge in [-0.3, -0.25) is 4.99 Å². The average molecular weight is 307 g/mol. The Balaban J connectivity index is 1.84. The van der Waals surface area contributed by atoms with Crippen molar-refractivity contribution in [1.82, 2.24) is 10.1 Å². The number of allylic oxidation sites excluding steroid dienone is 2. The molecule has 0 amide bonds. The first kappa shape index (κ1) is 14.5. The van der Waals surface area contributed by atoms with Gasteiger partial charge < -0.3 is 4.52 Å². The molecule has 0 N–H and O–H groups in total. The molecule has 0 bridgehead atoms. The molecule has 7 heteroatoms. The number of hydrogen-bond donors (Lipinski definition) is 0. The Hall–Kier alpha value is -2.44. The van der Waals surface area contributed by atoms with E-state index < -0.39 is 12.1 Å². The minimum absolute atomic E-state index is 0.0854. The normalized spacial score (nSPS) is 15.4. The minimum atomic E-state index is -4.63. The Labute approximate surface area is 124 Å². The summed E-state index contributed by atoms with van der Waals surface area (Å²) in [4.78, 5) is 7.84. The highest BCUT2D eigenvalue weighted by atomic mass is 19.4. The van der Waals surface area contributed by atoms with Crippen LogP contribution in [-0.2, 0) is 6.18 Å². The van der Waals surface area contributed by atoms with E-state index in [2.05, 4.69) is 19.7 Å². The van der Waals surface area contributed by atoms with Crippen LogP contribution in [0.25, 0.3) is 11.4 Å². The van der Waals surface area contributed by atoms with E-state index in [1.807, 2.05) is 13.8 Å². The predicted molar refractivity (Wildman–Crippen MR) is 74.3 cm³/mol. The number of aromatic nitrogens is 2. The van der Waals surface area contributed by atoms with Crippen molar-refractivity contribution in [2.45, 2.75) is 26.4 Å². The van der Waals surface area contributed by atoms with Crippen LogP contribution in [0, 0.1) is 0 Å². The van der Waals surface area contributed by atoms with Crippen LogP contribution in [0.1, 0.15) is 31.7 Å². The molecule has 3 rings (SSSR count). The largest absolute Gasteiger partial charge is 0.471 e. The van der Waals surface area contributed by atoms with E-state index in [0.29, 0.717) is 5.56 Å². The maximum absolute atomic E-state index is 12.4. The van der Waals surface area contributed by atoms with E-state index in [0.717, 1.165) is 23.4 Å². The van der Waals surface area contributed by atoms with Crippen LogP contribution in [0.2, 0.25) is 0 Å². The molecule has 1 aliphatic rings. The van der Waals surface area contributed by atoms with E-state index in [1.165, 1.54) is 5.57 Å². The number of nitrogens with zero attached hydrogens (tertiary/aromatic N) is 3. The highest BCUT2D eigenvalue weighted by molar-refractivity contribution is 6.04. The van der Waals surface area contributed by atoms with Crippen LogP contribution in [0.3, 0.4) is 0 Å². The first-order valence-electron chi connectivity index (χ1n) is 6.60. The van der Waals surface area contributed by atoms with Crippen LogP contribution in [0.15, 0.2) is 45.1 Å². The summed E-state index contributed by atoms with van der Waals surface area (Å²) in [5, 5.41) is 3.36. The van der Waals surface area contributed by atoms with E-state index in [4.69, 9.17) is 0 Å². The van der Waals surface area contributed by atoms with Gasteiger partial charge in [-0.2, -0.15) is 18.2 Å². The van der Waals surface area contributed by atoms with Gasteiger partial charge in [0.05, 0.1) is 5.71 Å². The van der Waals surface area contributed by atoms with Gasteiger partial charge in [-0.25, -0.2) is 0 Å². The topological polar surface area (TPSA) is 51.3 Å². The lowest BCUT2D eigenvalue weighted by Gasteiger charge is -2.02. The van der Waals surface area contributed by atoms with Crippen molar-refractivity contribution in [3.63, 3.8) is 0 Å². The first-order valence-corrected chi connectivity index (χ1v) is 6.60. The molecule has 0 atom stereocenters. The summed E-state index contributed by atoms with van der Waals surface area (Å²) >= 11 is 0. The number of aliphatic imine (C=N–C) groups is 1. The lowest BCUT2D eigenvalue weighted by Crippen LogP contribution is -2.04. The molecular formula is C15H12F3N3O. The van der Waals surface area contributed by atoms with E-state index in [9.17, 15) is 13.2 Å². The fourth-order valence-electron chi connectivity index (χ4n) is 2.15. The molecule has 0 saturated heterocycles. The Kier molecular flexibility index (Phi) is 3.35. The monoisotopic (exact) mass is 307 g/mol. The second-order valence-electron chi connectivity index (χ2n) is 5.10. The van der Waals surface area contributed by atoms with E-state index in [-0.39, 0.29) is 5.82 Å². The van der Waals surface area contributed by atoms with Gasteiger partial charge in [-0.1, -0.05) is 29.4 Å². The quantitative estimate of drug-likeness (QED) is 0.833. The zero-order valence-electron chi connectivity index (χ0n) is 11.9. The molecule has 0 spiro atoms. The van der Waals surface area contributed by atoms with Crippen LogP contribution in [0.4, 0.5) is 13.2 Å². The maximum atomic E-state index is 12.4. The standard InChI is InChI=1S/C15H12F3N3O/c1-8-7-12(19-9(8)2)10-3-5-11(6-4-10)13-20-14(22-21-13)15(16,17)18/h3-6H,7H2,1-2H3. The highest BCUT2D eigenvalue weighted by Gasteiger charge is 2.38. The average Bonchev–Trinajstić information content (AvgIpc) is 3.07. The summed E-state index contributed by atoms with van der Waals surface area (Å²) in [5.74, 6) is -1.43. The van der Waals surface area contributed by atoms with Crippen molar-refractivity contribution < 1.29 is 17.7 Å². The highest BCUT2D eigenvalue weighted by Crippen LogP contribution is 2.29. The zero-order valence-corrected chi connectivity index (χ0v) is 11.9. The third-order valence-corrected chi connectivity index (χ3v) is 3.50. The molecule has 1 aromatic heterocycles. The summed E-state index contributed by atoms with van der Waals surface area (Å²) < 4.78 is 41.6. The summed E-state index contributed by atoms with van der Waals surface area (Å²) in [6.45, 7) is 3.98. The molecule has 1 aromatic carbocycles. The van der Waals surface area contributed by atoms with Gasteiger partial charge in [0.2, 0.25) is 5.82 Å². The molecule has 22 heavy (non-hydrogen) atoms. The number of hydrogen-bond acceptors (Lipinski definition) is 4. The summed E-state index contributed by atoms with van der Waals surface area (Å²) in [5.41, 5.74) is 4.56. The van der Waals surface area contributed by atoms with Crippen molar-refractivity contribution >= 4 is 5.71 Å². The molecule has 114 valence electrons. The molecule has 1 aliphatic heterocycles. The Morgan fingerprint density at radius 2 is 1.68 bits per heavy atom. The van der Waals surface area contributed by atoms with Gasteiger partial charge in [0.1, 0.15) is 0 Å². The van der Waals surface area contributed by atoms with Crippen molar-refractivity contribution in [2.24, 2.45) is 4.99 Å². The van der Waals surface area contributed by atoms with Gasteiger partial charge in [-0.05, 0) is 25.0 Å².